The topological polar surface area (TPSA) is 72.9 Å². The van der Waals surface area contributed by atoms with Gasteiger partial charge in [0, 0.05) is 38.8 Å². The third kappa shape index (κ3) is 4.33. The Morgan fingerprint density at radius 2 is 1.60 bits per heavy atom. The summed E-state index contributed by atoms with van der Waals surface area (Å²) in [7, 11) is 0. The van der Waals surface area contributed by atoms with Gasteiger partial charge in [-0.3, -0.25) is 9.69 Å². The Morgan fingerprint density at radius 3 is 2.23 bits per heavy atom. The first-order chi connectivity index (χ1) is 14.6. The molecule has 0 saturated carbocycles. The Hall–Kier alpha value is -2.86. The van der Waals surface area contributed by atoms with Crippen molar-refractivity contribution >= 4 is 12.0 Å². The molecule has 6 nitrogen and oxygen atoms in total. The van der Waals surface area contributed by atoms with Crippen LogP contribution in [0.25, 0.3) is 0 Å². The molecular weight excluding hydrogens is 378 g/mol. The maximum Gasteiger partial charge on any atom is 0.407 e. The standard InChI is InChI=1S/C24H29N3O3/c28-22(25-21-11-14-26(18-21)17-19-7-3-1-4-8-19)24(20-9-5-2-6-10-20)12-15-27(16-13-24)23(29)30/h1-10,21H,11-18H2,(H,25,28)(H,29,30). The van der Waals surface area contributed by atoms with Crippen LogP contribution in [0, 0.1) is 0 Å². The van der Waals surface area contributed by atoms with Gasteiger partial charge in [-0.1, -0.05) is 60.7 Å². The molecular formula is C24H29N3O3. The lowest BCUT2D eigenvalue weighted by Gasteiger charge is -2.40. The van der Waals surface area contributed by atoms with Crippen LogP contribution in [0.1, 0.15) is 30.4 Å². The van der Waals surface area contributed by atoms with E-state index in [0.717, 1.165) is 31.6 Å². The number of amides is 2. The Labute approximate surface area is 177 Å². The van der Waals surface area contributed by atoms with Crippen LogP contribution < -0.4 is 5.32 Å². The zero-order chi connectivity index (χ0) is 21.0. The molecule has 6 heteroatoms. The number of carbonyl (C=O) groups excluding carboxylic acids is 1. The minimum atomic E-state index is -0.913. The molecule has 2 aromatic carbocycles. The van der Waals surface area contributed by atoms with E-state index in [1.54, 1.807) is 0 Å². The van der Waals surface area contributed by atoms with Crippen molar-refractivity contribution in [3.8, 4) is 0 Å². The monoisotopic (exact) mass is 407 g/mol. The normalized spacial score (nSPS) is 21.3. The summed E-state index contributed by atoms with van der Waals surface area (Å²) in [4.78, 5) is 28.7. The maximum atomic E-state index is 13.5. The highest BCUT2D eigenvalue weighted by molar-refractivity contribution is 5.89. The van der Waals surface area contributed by atoms with E-state index in [1.807, 2.05) is 36.4 Å². The van der Waals surface area contributed by atoms with Gasteiger partial charge in [0.1, 0.15) is 0 Å². The fourth-order valence-electron chi connectivity index (χ4n) is 4.74. The number of likely N-dealkylation sites (tertiary alicyclic amines) is 2. The quantitative estimate of drug-likeness (QED) is 0.799. The summed E-state index contributed by atoms with van der Waals surface area (Å²) >= 11 is 0. The third-order valence-corrected chi connectivity index (χ3v) is 6.51. The Morgan fingerprint density at radius 1 is 0.967 bits per heavy atom. The van der Waals surface area contributed by atoms with Crippen molar-refractivity contribution in [2.24, 2.45) is 0 Å². The molecule has 2 saturated heterocycles. The average Bonchev–Trinajstić information content (AvgIpc) is 3.21. The summed E-state index contributed by atoms with van der Waals surface area (Å²) in [5.41, 5.74) is 1.60. The zero-order valence-electron chi connectivity index (χ0n) is 17.2. The molecule has 2 aliphatic rings. The predicted octanol–water partition coefficient (Wildman–Crippen LogP) is 3.09. The molecule has 0 spiro atoms. The van der Waals surface area contributed by atoms with Crippen molar-refractivity contribution < 1.29 is 14.7 Å². The van der Waals surface area contributed by atoms with Gasteiger partial charge in [0.15, 0.2) is 0 Å². The molecule has 0 radical (unpaired) electrons. The first kappa shape index (κ1) is 20.4. The van der Waals surface area contributed by atoms with E-state index < -0.39 is 11.5 Å². The lowest BCUT2D eigenvalue weighted by Crippen LogP contribution is -2.54. The van der Waals surface area contributed by atoms with Crippen molar-refractivity contribution in [2.45, 2.75) is 37.3 Å². The molecule has 2 aromatic rings. The molecule has 1 atom stereocenters. The van der Waals surface area contributed by atoms with E-state index in [0.29, 0.717) is 25.9 Å². The van der Waals surface area contributed by atoms with Crippen molar-refractivity contribution in [1.29, 1.82) is 0 Å². The Kier molecular flexibility index (Phi) is 6.04. The molecule has 2 N–H and O–H groups in total. The highest BCUT2D eigenvalue weighted by Gasteiger charge is 2.44. The summed E-state index contributed by atoms with van der Waals surface area (Å²) in [6, 6.07) is 20.3. The summed E-state index contributed by atoms with van der Waals surface area (Å²) in [5, 5.41) is 12.6. The minimum absolute atomic E-state index is 0.0327. The predicted molar refractivity (Wildman–Crippen MR) is 115 cm³/mol. The van der Waals surface area contributed by atoms with E-state index in [9.17, 15) is 14.7 Å². The molecule has 0 aliphatic carbocycles. The van der Waals surface area contributed by atoms with E-state index in [1.165, 1.54) is 10.5 Å². The number of nitrogens with zero attached hydrogens (tertiary/aromatic N) is 2. The average molecular weight is 408 g/mol. The van der Waals surface area contributed by atoms with Crippen molar-refractivity contribution in [1.82, 2.24) is 15.1 Å². The first-order valence-electron chi connectivity index (χ1n) is 10.7. The van der Waals surface area contributed by atoms with Crippen LogP contribution in [0.3, 0.4) is 0 Å². The van der Waals surface area contributed by atoms with Gasteiger partial charge in [-0.05, 0) is 30.4 Å². The second kappa shape index (κ2) is 8.88. The number of carboxylic acid groups (broad SMARTS) is 1. The molecule has 0 aromatic heterocycles. The number of hydrogen-bond acceptors (Lipinski definition) is 3. The van der Waals surface area contributed by atoms with Gasteiger partial charge in [0.05, 0.1) is 5.41 Å². The highest BCUT2D eigenvalue weighted by Crippen LogP contribution is 2.36. The molecule has 30 heavy (non-hydrogen) atoms. The summed E-state index contributed by atoms with van der Waals surface area (Å²) in [6.45, 7) is 3.45. The van der Waals surface area contributed by atoms with Gasteiger partial charge in [-0.25, -0.2) is 4.79 Å². The zero-order valence-corrected chi connectivity index (χ0v) is 17.2. The van der Waals surface area contributed by atoms with Crippen LogP contribution in [0.2, 0.25) is 0 Å². The van der Waals surface area contributed by atoms with E-state index in [4.69, 9.17) is 0 Å². The molecule has 1 unspecified atom stereocenters. The van der Waals surface area contributed by atoms with E-state index >= 15 is 0 Å². The van der Waals surface area contributed by atoms with Crippen LogP contribution >= 0.6 is 0 Å². The van der Waals surface area contributed by atoms with Crippen molar-refractivity contribution in [2.75, 3.05) is 26.2 Å². The lowest BCUT2D eigenvalue weighted by molar-refractivity contribution is -0.129. The summed E-state index contributed by atoms with van der Waals surface area (Å²) < 4.78 is 0. The molecule has 4 rings (SSSR count). The van der Waals surface area contributed by atoms with Crippen LogP contribution in [0.5, 0.6) is 0 Å². The minimum Gasteiger partial charge on any atom is -0.465 e. The van der Waals surface area contributed by atoms with Gasteiger partial charge in [0.25, 0.3) is 0 Å². The second-order valence-electron chi connectivity index (χ2n) is 8.40. The van der Waals surface area contributed by atoms with Crippen LogP contribution in [-0.4, -0.2) is 59.1 Å². The number of piperidine rings is 1. The smallest absolute Gasteiger partial charge is 0.407 e. The largest absolute Gasteiger partial charge is 0.465 e. The fraction of sp³-hybridized carbons (Fsp3) is 0.417. The number of hydrogen-bond donors (Lipinski definition) is 2. The Bertz CT molecular complexity index is 864. The van der Waals surface area contributed by atoms with Crippen molar-refractivity contribution in [3.05, 3.63) is 71.8 Å². The SMILES string of the molecule is O=C(O)N1CCC(C(=O)NC2CCN(Cc3ccccc3)C2)(c2ccccc2)CC1. The van der Waals surface area contributed by atoms with Gasteiger partial charge < -0.3 is 15.3 Å². The number of benzene rings is 2. The number of rotatable bonds is 5. The molecule has 2 heterocycles. The van der Waals surface area contributed by atoms with Crippen LogP contribution in [0.15, 0.2) is 60.7 Å². The van der Waals surface area contributed by atoms with Gasteiger partial charge in [0.2, 0.25) is 5.91 Å². The number of nitrogens with one attached hydrogen (secondary N) is 1. The molecule has 0 bridgehead atoms. The summed E-state index contributed by atoms with van der Waals surface area (Å²) in [6.07, 6.45) is 1.04. The van der Waals surface area contributed by atoms with E-state index in [2.05, 4.69) is 34.5 Å². The molecule has 2 fully saturated rings. The first-order valence-corrected chi connectivity index (χ1v) is 10.7. The molecule has 2 aliphatic heterocycles. The third-order valence-electron chi connectivity index (χ3n) is 6.51. The van der Waals surface area contributed by atoms with Gasteiger partial charge >= 0.3 is 6.09 Å². The molecule has 2 amide bonds. The van der Waals surface area contributed by atoms with Crippen LogP contribution in [0.4, 0.5) is 4.79 Å². The van der Waals surface area contributed by atoms with Gasteiger partial charge in [-0.2, -0.15) is 0 Å². The maximum absolute atomic E-state index is 13.5. The lowest BCUT2D eigenvalue weighted by atomic mass is 9.72. The Balaban J connectivity index is 1.43. The van der Waals surface area contributed by atoms with E-state index in [-0.39, 0.29) is 11.9 Å². The fourth-order valence-corrected chi connectivity index (χ4v) is 4.74. The summed E-state index contributed by atoms with van der Waals surface area (Å²) in [5.74, 6) is 0.0327. The molecule has 158 valence electrons. The second-order valence-corrected chi connectivity index (χ2v) is 8.40. The highest BCUT2D eigenvalue weighted by atomic mass is 16.4. The van der Waals surface area contributed by atoms with Crippen LogP contribution in [-0.2, 0) is 16.8 Å². The number of carbonyl (C=O) groups is 2. The van der Waals surface area contributed by atoms with Gasteiger partial charge in [-0.15, -0.1) is 0 Å². The van der Waals surface area contributed by atoms with Crippen molar-refractivity contribution in [3.63, 3.8) is 0 Å².